The largest absolute Gasteiger partial charge is 0.339 e. The number of carbonyl (C=O) groups excluding carboxylic acids is 1. The van der Waals surface area contributed by atoms with Crippen molar-refractivity contribution in [3.8, 4) is 10.6 Å². The highest BCUT2D eigenvalue weighted by Gasteiger charge is 2.16. The van der Waals surface area contributed by atoms with E-state index in [1.165, 1.54) is 5.56 Å². The number of thiophene rings is 1. The first-order valence-corrected chi connectivity index (χ1v) is 9.80. The molecule has 0 saturated carbocycles. The van der Waals surface area contributed by atoms with Crippen molar-refractivity contribution in [1.82, 2.24) is 14.7 Å². The van der Waals surface area contributed by atoms with Crippen LogP contribution in [0, 0.1) is 0 Å². The van der Waals surface area contributed by atoms with E-state index in [1.807, 2.05) is 46.1 Å². The molecule has 0 unspecified atom stereocenters. The van der Waals surface area contributed by atoms with Gasteiger partial charge in [0.1, 0.15) is 5.69 Å². The van der Waals surface area contributed by atoms with Crippen molar-refractivity contribution >= 4 is 23.3 Å². The summed E-state index contributed by atoms with van der Waals surface area (Å²) >= 11 is 1.66. The lowest BCUT2D eigenvalue weighted by atomic mass is 10.2. The van der Waals surface area contributed by atoms with Gasteiger partial charge in [0, 0.05) is 30.9 Å². The van der Waals surface area contributed by atoms with Crippen LogP contribution in [0.2, 0.25) is 0 Å². The van der Waals surface area contributed by atoms with Crippen molar-refractivity contribution in [2.24, 2.45) is 0 Å². The molecule has 1 fully saturated rings. The van der Waals surface area contributed by atoms with Crippen molar-refractivity contribution in [3.05, 3.63) is 71.2 Å². The average Bonchev–Trinajstić information content (AvgIpc) is 3.41. The van der Waals surface area contributed by atoms with Gasteiger partial charge in [-0.2, -0.15) is 5.10 Å². The van der Waals surface area contributed by atoms with E-state index in [-0.39, 0.29) is 5.91 Å². The van der Waals surface area contributed by atoms with E-state index in [1.54, 1.807) is 17.4 Å². The van der Waals surface area contributed by atoms with Crippen molar-refractivity contribution in [1.29, 1.82) is 0 Å². The van der Waals surface area contributed by atoms with Gasteiger partial charge in [0.2, 0.25) is 5.91 Å². The molecule has 1 aliphatic rings. The summed E-state index contributed by atoms with van der Waals surface area (Å²) in [4.78, 5) is 15.4. The Morgan fingerprint density at radius 3 is 2.65 bits per heavy atom. The summed E-state index contributed by atoms with van der Waals surface area (Å²) in [6.45, 7) is 2.45. The Hall–Kier alpha value is -2.66. The smallest absolute Gasteiger partial charge is 0.246 e. The second kappa shape index (κ2) is 7.70. The lowest BCUT2D eigenvalue weighted by Gasteiger charge is -2.11. The SMILES string of the molecule is O=C(/C=C/c1cn(Cc2ccccc2)nc1-c1cccs1)N1CCCC1. The maximum absolute atomic E-state index is 12.3. The van der Waals surface area contributed by atoms with Crippen LogP contribution in [-0.4, -0.2) is 33.7 Å². The monoisotopic (exact) mass is 363 g/mol. The van der Waals surface area contributed by atoms with Crippen molar-refractivity contribution in [2.75, 3.05) is 13.1 Å². The highest BCUT2D eigenvalue weighted by molar-refractivity contribution is 7.13. The Labute approximate surface area is 157 Å². The van der Waals surface area contributed by atoms with Gasteiger partial charge in [0.15, 0.2) is 0 Å². The van der Waals surface area contributed by atoms with Gasteiger partial charge in [0.25, 0.3) is 0 Å². The van der Waals surface area contributed by atoms with Crippen LogP contribution in [0.25, 0.3) is 16.6 Å². The second-order valence-electron chi connectivity index (χ2n) is 6.46. The van der Waals surface area contributed by atoms with Gasteiger partial charge in [0.05, 0.1) is 11.4 Å². The Kier molecular flexibility index (Phi) is 4.97. The average molecular weight is 363 g/mol. The number of hydrogen-bond donors (Lipinski definition) is 0. The van der Waals surface area contributed by atoms with E-state index in [0.717, 1.165) is 42.1 Å². The van der Waals surface area contributed by atoms with Gasteiger partial charge < -0.3 is 4.90 Å². The maximum atomic E-state index is 12.3. The minimum atomic E-state index is 0.0930. The third kappa shape index (κ3) is 3.78. The molecule has 26 heavy (non-hydrogen) atoms. The molecule has 132 valence electrons. The second-order valence-corrected chi connectivity index (χ2v) is 7.41. The summed E-state index contributed by atoms with van der Waals surface area (Å²) in [7, 11) is 0. The molecule has 0 aliphatic carbocycles. The molecule has 0 spiro atoms. The predicted octanol–water partition coefficient (Wildman–Crippen LogP) is 4.30. The van der Waals surface area contributed by atoms with E-state index in [4.69, 9.17) is 5.10 Å². The van der Waals surface area contributed by atoms with Crippen LogP contribution in [0.15, 0.2) is 60.1 Å². The molecule has 1 amide bonds. The normalized spacial score (nSPS) is 14.4. The molecule has 2 aromatic heterocycles. The molecule has 4 rings (SSSR count). The number of aromatic nitrogens is 2. The van der Waals surface area contributed by atoms with E-state index in [2.05, 4.69) is 23.6 Å². The van der Waals surface area contributed by atoms with Crippen LogP contribution in [0.3, 0.4) is 0 Å². The molecule has 5 heteroatoms. The van der Waals surface area contributed by atoms with Gasteiger partial charge in [-0.15, -0.1) is 11.3 Å². The zero-order chi connectivity index (χ0) is 17.8. The van der Waals surface area contributed by atoms with Gasteiger partial charge in [-0.1, -0.05) is 36.4 Å². The summed E-state index contributed by atoms with van der Waals surface area (Å²) in [6.07, 6.45) is 7.83. The minimum absolute atomic E-state index is 0.0930. The lowest BCUT2D eigenvalue weighted by Crippen LogP contribution is -2.25. The van der Waals surface area contributed by atoms with E-state index < -0.39 is 0 Å². The standard InChI is InChI=1S/C21H21N3OS/c25-20(23-12-4-5-13-23)11-10-18-16-24(15-17-7-2-1-3-8-17)22-21(18)19-9-6-14-26-19/h1-3,6-11,14,16H,4-5,12-13,15H2/b11-10+. The Morgan fingerprint density at radius 2 is 1.92 bits per heavy atom. The Balaban J connectivity index is 1.60. The number of hydrogen-bond acceptors (Lipinski definition) is 3. The summed E-state index contributed by atoms with van der Waals surface area (Å²) in [5.74, 6) is 0.0930. The molecular weight excluding hydrogens is 342 g/mol. The number of carbonyl (C=O) groups is 1. The molecule has 1 saturated heterocycles. The molecule has 0 N–H and O–H groups in total. The lowest BCUT2D eigenvalue weighted by molar-refractivity contribution is -0.124. The van der Waals surface area contributed by atoms with E-state index >= 15 is 0 Å². The van der Waals surface area contributed by atoms with Crippen molar-refractivity contribution < 1.29 is 4.79 Å². The fourth-order valence-corrected chi connectivity index (χ4v) is 3.95. The molecule has 4 nitrogen and oxygen atoms in total. The molecule has 1 aromatic carbocycles. The first-order valence-electron chi connectivity index (χ1n) is 8.92. The molecule has 1 aliphatic heterocycles. The number of likely N-dealkylation sites (tertiary alicyclic amines) is 1. The van der Waals surface area contributed by atoms with Crippen molar-refractivity contribution in [3.63, 3.8) is 0 Å². The van der Waals surface area contributed by atoms with Crippen LogP contribution < -0.4 is 0 Å². The first kappa shape index (κ1) is 16.8. The molecule has 3 aromatic rings. The fourth-order valence-electron chi connectivity index (χ4n) is 3.22. The number of nitrogens with zero attached hydrogens (tertiary/aromatic N) is 3. The van der Waals surface area contributed by atoms with Crippen LogP contribution in [-0.2, 0) is 11.3 Å². The summed E-state index contributed by atoms with van der Waals surface area (Å²) in [5.41, 5.74) is 3.12. The van der Waals surface area contributed by atoms with Gasteiger partial charge in [-0.3, -0.25) is 9.48 Å². The predicted molar refractivity (Wildman–Crippen MR) is 106 cm³/mol. The summed E-state index contributed by atoms with van der Waals surface area (Å²) < 4.78 is 1.95. The van der Waals surface area contributed by atoms with Gasteiger partial charge in [-0.05, 0) is 35.9 Å². The van der Waals surface area contributed by atoms with E-state index in [0.29, 0.717) is 6.54 Å². The van der Waals surface area contributed by atoms with Crippen LogP contribution in [0.1, 0.15) is 24.0 Å². The highest BCUT2D eigenvalue weighted by atomic mass is 32.1. The highest BCUT2D eigenvalue weighted by Crippen LogP contribution is 2.28. The van der Waals surface area contributed by atoms with Gasteiger partial charge in [-0.25, -0.2) is 0 Å². The molecule has 3 heterocycles. The zero-order valence-corrected chi connectivity index (χ0v) is 15.4. The number of benzene rings is 1. The van der Waals surface area contributed by atoms with Crippen molar-refractivity contribution in [2.45, 2.75) is 19.4 Å². The van der Waals surface area contributed by atoms with Crippen LogP contribution in [0.5, 0.6) is 0 Å². The molecule has 0 bridgehead atoms. The Bertz CT molecular complexity index is 891. The fraction of sp³-hybridized carbons (Fsp3) is 0.238. The summed E-state index contributed by atoms with van der Waals surface area (Å²) in [5, 5.41) is 6.82. The quantitative estimate of drug-likeness (QED) is 0.634. The first-order chi connectivity index (χ1) is 12.8. The summed E-state index contributed by atoms with van der Waals surface area (Å²) in [6, 6.07) is 14.4. The topological polar surface area (TPSA) is 38.1 Å². The number of amides is 1. The zero-order valence-electron chi connectivity index (χ0n) is 14.5. The maximum Gasteiger partial charge on any atom is 0.246 e. The molecule has 0 radical (unpaired) electrons. The minimum Gasteiger partial charge on any atom is -0.339 e. The van der Waals surface area contributed by atoms with Crippen LogP contribution >= 0.6 is 11.3 Å². The third-order valence-electron chi connectivity index (χ3n) is 4.56. The Morgan fingerprint density at radius 1 is 1.12 bits per heavy atom. The number of rotatable bonds is 5. The van der Waals surface area contributed by atoms with Gasteiger partial charge >= 0.3 is 0 Å². The van der Waals surface area contributed by atoms with Crippen LogP contribution in [0.4, 0.5) is 0 Å². The third-order valence-corrected chi connectivity index (χ3v) is 5.43. The van der Waals surface area contributed by atoms with E-state index in [9.17, 15) is 4.79 Å². The molecule has 0 atom stereocenters. The molecular formula is C21H21N3OS.